The van der Waals surface area contributed by atoms with Crippen molar-refractivity contribution in [2.24, 2.45) is 0 Å². The van der Waals surface area contributed by atoms with Gasteiger partial charge in [0.05, 0.1) is 6.61 Å². The number of methoxy groups -OCH3 is 1. The molecule has 1 aromatic carbocycles. The van der Waals surface area contributed by atoms with Crippen LogP contribution < -0.4 is 0 Å². The zero-order valence-electron chi connectivity index (χ0n) is 10.3. The van der Waals surface area contributed by atoms with Crippen LogP contribution in [0.1, 0.15) is 12.5 Å². The molecule has 1 aromatic rings. The Morgan fingerprint density at radius 3 is 2.61 bits per heavy atom. The maximum atomic E-state index is 11.7. The summed E-state index contributed by atoms with van der Waals surface area (Å²) in [6.07, 6.45) is 0. The van der Waals surface area contributed by atoms with Gasteiger partial charge >= 0.3 is 5.97 Å². The van der Waals surface area contributed by atoms with Crippen molar-refractivity contribution in [2.75, 3.05) is 13.7 Å². The molecule has 0 aromatic heterocycles. The van der Waals surface area contributed by atoms with Crippen LogP contribution in [-0.4, -0.2) is 25.3 Å². The summed E-state index contributed by atoms with van der Waals surface area (Å²) in [6.45, 7) is 1.97. The van der Waals surface area contributed by atoms with E-state index in [1.807, 2.05) is 36.4 Å². The average molecular weight is 243 g/mol. The Morgan fingerprint density at radius 2 is 2.06 bits per heavy atom. The van der Waals surface area contributed by atoms with Crippen molar-refractivity contribution in [3.8, 4) is 6.07 Å². The summed E-state index contributed by atoms with van der Waals surface area (Å²) in [5.74, 6) is -0.587. The van der Waals surface area contributed by atoms with Gasteiger partial charge in [0.25, 0.3) is 0 Å². The zero-order chi connectivity index (χ0) is 13.2. The predicted molar refractivity (Wildman–Crippen MR) is 65.3 cm³/mol. The highest BCUT2D eigenvalue weighted by atomic mass is 16.6. The number of carbonyl (C=O) groups is 1. The fourth-order valence-corrected chi connectivity index (χ4v) is 2.21. The maximum absolute atomic E-state index is 11.7. The van der Waals surface area contributed by atoms with Crippen molar-refractivity contribution in [1.29, 1.82) is 5.26 Å². The third-order valence-corrected chi connectivity index (χ3v) is 2.89. The first-order chi connectivity index (χ1) is 8.62. The highest BCUT2D eigenvalue weighted by Crippen LogP contribution is 2.39. The monoisotopic (exact) mass is 243 g/mol. The van der Waals surface area contributed by atoms with Gasteiger partial charge in [-0.2, -0.15) is 5.26 Å². The molecular weight excluding hydrogens is 230 g/mol. The zero-order valence-corrected chi connectivity index (χ0v) is 10.3. The Balaban J connectivity index is 2.59. The van der Waals surface area contributed by atoms with Gasteiger partial charge in [-0.3, -0.25) is 0 Å². The second-order valence-corrected chi connectivity index (χ2v) is 4.28. The van der Waals surface area contributed by atoms with Crippen LogP contribution in [0.4, 0.5) is 0 Å². The van der Waals surface area contributed by atoms with Crippen LogP contribution in [0.15, 0.2) is 35.9 Å². The lowest BCUT2D eigenvalue weighted by Gasteiger charge is -2.25. The van der Waals surface area contributed by atoms with E-state index in [9.17, 15) is 4.79 Å². The molecule has 0 bridgehead atoms. The van der Waals surface area contributed by atoms with E-state index < -0.39 is 11.6 Å². The van der Waals surface area contributed by atoms with Crippen molar-refractivity contribution in [3.05, 3.63) is 41.5 Å². The van der Waals surface area contributed by atoms with E-state index in [4.69, 9.17) is 14.7 Å². The van der Waals surface area contributed by atoms with E-state index >= 15 is 0 Å². The van der Waals surface area contributed by atoms with Crippen LogP contribution in [0, 0.1) is 11.3 Å². The molecule has 1 aliphatic rings. The quantitative estimate of drug-likeness (QED) is 0.761. The molecule has 0 saturated carbocycles. The van der Waals surface area contributed by atoms with Crippen molar-refractivity contribution in [1.82, 2.24) is 0 Å². The maximum Gasteiger partial charge on any atom is 0.350 e. The Morgan fingerprint density at radius 1 is 1.39 bits per heavy atom. The van der Waals surface area contributed by atoms with E-state index in [1.165, 1.54) is 7.11 Å². The van der Waals surface area contributed by atoms with E-state index in [1.54, 1.807) is 6.92 Å². The minimum Gasteiger partial charge on any atom is -0.448 e. The average Bonchev–Trinajstić information content (AvgIpc) is 2.61. The van der Waals surface area contributed by atoms with Gasteiger partial charge in [0.1, 0.15) is 11.6 Å². The highest BCUT2D eigenvalue weighted by molar-refractivity contribution is 6.07. The summed E-state index contributed by atoms with van der Waals surface area (Å²) in [5, 5.41) is 9.12. The number of nitriles is 1. The summed E-state index contributed by atoms with van der Waals surface area (Å²) in [7, 11) is 1.53. The van der Waals surface area contributed by atoms with Gasteiger partial charge in [0, 0.05) is 12.7 Å². The lowest BCUT2D eigenvalue weighted by Crippen LogP contribution is -2.32. The smallest absolute Gasteiger partial charge is 0.350 e. The molecule has 0 radical (unpaired) electrons. The number of hydrogen-bond donors (Lipinski definition) is 0. The number of cyclic esters (lactones) is 1. The fraction of sp³-hybridized carbons (Fsp3) is 0.286. The molecule has 1 atom stereocenters. The van der Waals surface area contributed by atoms with Gasteiger partial charge in [-0.15, -0.1) is 0 Å². The number of hydrogen-bond acceptors (Lipinski definition) is 4. The first-order valence-corrected chi connectivity index (χ1v) is 5.55. The van der Waals surface area contributed by atoms with Crippen molar-refractivity contribution in [3.63, 3.8) is 0 Å². The normalized spacial score (nSPS) is 22.8. The van der Waals surface area contributed by atoms with Crippen LogP contribution in [-0.2, 0) is 14.3 Å². The molecule has 0 saturated heterocycles. The second kappa shape index (κ2) is 4.63. The van der Waals surface area contributed by atoms with E-state index in [0.29, 0.717) is 5.57 Å². The highest BCUT2D eigenvalue weighted by Gasteiger charge is 2.45. The Kier molecular flexibility index (Phi) is 3.17. The summed E-state index contributed by atoms with van der Waals surface area (Å²) >= 11 is 0. The molecule has 0 fully saturated rings. The first kappa shape index (κ1) is 12.3. The number of rotatable bonds is 3. The number of esters is 1. The summed E-state index contributed by atoms with van der Waals surface area (Å²) in [5.41, 5.74) is 0.552. The lowest BCUT2D eigenvalue weighted by molar-refractivity contribution is -0.147. The molecule has 4 heteroatoms. The molecule has 0 aliphatic carbocycles. The standard InChI is InChI=1S/C14H13NO3/c1-14(9-17-2)12(10-6-4-3-5-7-10)11(8-15)13(16)18-14/h3-7H,9H2,1-2H3. The molecule has 18 heavy (non-hydrogen) atoms. The van der Waals surface area contributed by atoms with Crippen molar-refractivity contribution in [2.45, 2.75) is 12.5 Å². The van der Waals surface area contributed by atoms with E-state index in [-0.39, 0.29) is 12.2 Å². The summed E-state index contributed by atoms with van der Waals surface area (Å²) < 4.78 is 10.4. The molecule has 0 spiro atoms. The lowest BCUT2D eigenvalue weighted by atomic mass is 9.88. The number of carbonyl (C=O) groups excluding carboxylic acids is 1. The Hall–Kier alpha value is -2.12. The minimum absolute atomic E-state index is 0.0563. The van der Waals surface area contributed by atoms with Crippen LogP contribution in [0.25, 0.3) is 5.57 Å². The number of ether oxygens (including phenoxy) is 2. The van der Waals surface area contributed by atoms with E-state index in [2.05, 4.69) is 0 Å². The minimum atomic E-state index is -0.905. The molecule has 92 valence electrons. The fourth-order valence-electron chi connectivity index (χ4n) is 2.21. The third-order valence-electron chi connectivity index (χ3n) is 2.89. The first-order valence-electron chi connectivity index (χ1n) is 5.55. The van der Waals surface area contributed by atoms with Crippen LogP contribution in [0.2, 0.25) is 0 Å². The van der Waals surface area contributed by atoms with Gasteiger partial charge in [-0.1, -0.05) is 30.3 Å². The van der Waals surface area contributed by atoms with Crippen molar-refractivity contribution >= 4 is 11.5 Å². The molecule has 1 unspecified atom stereocenters. The van der Waals surface area contributed by atoms with Crippen molar-refractivity contribution < 1.29 is 14.3 Å². The van der Waals surface area contributed by atoms with Gasteiger partial charge in [0.15, 0.2) is 5.60 Å². The molecular formula is C14H13NO3. The topological polar surface area (TPSA) is 59.3 Å². The number of nitrogens with zero attached hydrogens (tertiary/aromatic N) is 1. The third kappa shape index (κ3) is 1.89. The van der Waals surface area contributed by atoms with Crippen LogP contribution >= 0.6 is 0 Å². The van der Waals surface area contributed by atoms with E-state index in [0.717, 1.165) is 5.56 Å². The molecule has 1 heterocycles. The van der Waals surface area contributed by atoms with Gasteiger partial charge in [-0.25, -0.2) is 4.79 Å². The second-order valence-electron chi connectivity index (χ2n) is 4.28. The van der Waals surface area contributed by atoms with Gasteiger partial charge in [-0.05, 0) is 12.5 Å². The van der Waals surface area contributed by atoms with Crippen LogP contribution in [0.3, 0.4) is 0 Å². The summed E-state index contributed by atoms with van der Waals surface area (Å²) in [4.78, 5) is 11.7. The molecule has 2 rings (SSSR count). The Labute approximate surface area is 105 Å². The number of benzene rings is 1. The largest absolute Gasteiger partial charge is 0.448 e. The molecule has 0 N–H and O–H groups in total. The van der Waals surface area contributed by atoms with Crippen LogP contribution in [0.5, 0.6) is 0 Å². The predicted octanol–water partition coefficient (Wildman–Crippen LogP) is 1.93. The molecule has 4 nitrogen and oxygen atoms in total. The summed E-state index contributed by atoms with van der Waals surface area (Å²) in [6, 6.07) is 11.2. The Bertz CT molecular complexity index is 542. The molecule has 0 amide bonds. The van der Waals surface area contributed by atoms with Gasteiger partial charge < -0.3 is 9.47 Å². The molecule has 1 aliphatic heterocycles. The van der Waals surface area contributed by atoms with Gasteiger partial charge in [0.2, 0.25) is 0 Å². The SMILES string of the molecule is COCC1(C)OC(=O)C(C#N)=C1c1ccccc1.